The van der Waals surface area contributed by atoms with Crippen molar-refractivity contribution in [1.82, 2.24) is 0 Å². The van der Waals surface area contributed by atoms with Crippen LogP contribution in [-0.4, -0.2) is 19.3 Å². The molecule has 0 radical (unpaired) electrons. The maximum absolute atomic E-state index is 6.09. The molecule has 1 atom stereocenters. The van der Waals surface area contributed by atoms with Crippen LogP contribution < -0.4 is 5.32 Å². The summed E-state index contributed by atoms with van der Waals surface area (Å²) in [6, 6.07) is 5.62. The van der Waals surface area contributed by atoms with E-state index in [0.29, 0.717) is 23.3 Å². The zero-order valence-corrected chi connectivity index (χ0v) is 10.5. The molecule has 1 N–H and O–H groups in total. The number of benzene rings is 1. The molecule has 1 aliphatic rings. The van der Waals surface area contributed by atoms with Gasteiger partial charge in [-0.2, -0.15) is 0 Å². The number of halogens is 2. The Balaban J connectivity index is 2.14. The van der Waals surface area contributed by atoms with Crippen LogP contribution in [0.4, 0.5) is 5.69 Å². The Hall–Kier alpha value is -0.700. The third-order valence-electron chi connectivity index (χ3n) is 2.62. The van der Waals surface area contributed by atoms with Gasteiger partial charge in [0, 0.05) is 5.02 Å². The minimum Gasteiger partial charge on any atom is -0.375 e. The molecule has 0 spiro atoms. The van der Waals surface area contributed by atoms with Crippen LogP contribution in [0.1, 0.15) is 6.92 Å². The normalized spacial score (nSPS) is 20.4. The summed E-state index contributed by atoms with van der Waals surface area (Å²) >= 11 is 11.9. The lowest BCUT2D eigenvalue weighted by Gasteiger charge is -2.24. The first-order valence-electron chi connectivity index (χ1n) is 5.13. The molecule has 0 amide bonds. The van der Waals surface area contributed by atoms with Crippen LogP contribution in [0.2, 0.25) is 10.0 Å². The quantitative estimate of drug-likeness (QED) is 0.815. The molecule has 1 aromatic rings. The summed E-state index contributed by atoms with van der Waals surface area (Å²) in [5.74, 6) is 0. The van der Waals surface area contributed by atoms with Gasteiger partial charge in [-0.15, -0.1) is 0 Å². The molecule has 0 bridgehead atoms. The molecular formula is C12H13Cl2NO. The highest BCUT2D eigenvalue weighted by molar-refractivity contribution is 6.36. The van der Waals surface area contributed by atoms with Gasteiger partial charge in [-0.1, -0.05) is 34.9 Å². The molecular weight excluding hydrogens is 245 g/mol. The zero-order valence-electron chi connectivity index (χ0n) is 8.97. The van der Waals surface area contributed by atoms with Gasteiger partial charge in [0.15, 0.2) is 0 Å². The number of nitrogens with one attached hydrogen (secondary N) is 1. The van der Waals surface area contributed by atoms with Gasteiger partial charge in [-0.3, -0.25) is 0 Å². The molecule has 16 heavy (non-hydrogen) atoms. The van der Waals surface area contributed by atoms with Gasteiger partial charge in [0.1, 0.15) is 0 Å². The third kappa shape index (κ3) is 2.70. The van der Waals surface area contributed by atoms with E-state index in [0.717, 1.165) is 5.69 Å². The van der Waals surface area contributed by atoms with Crippen LogP contribution >= 0.6 is 23.2 Å². The predicted molar refractivity (Wildman–Crippen MR) is 68.4 cm³/mol. The highest BCUT2D eigenvalue weighted by Crippen LogP contribution is 2.27. The highest BCUT2D eigenvalue weighted by Gasteiger charge is 2.15. The Morgan fingerprint density at radius 3 is 2.88 bits per heavy atom. The largest absolute Gasteiger partial charge is 0.375 e. The average molecular weight is 258 g/mol. The van der Waals surface area contributed by atoms with E-state index in [-0.39, 0.29) is 6.04 Å². The topological polar surface area (TPSA) is 21.3 Å². The average Bonchev–Trinajstić information content (AvgIpc) is 2.25. The van der Waals surface area contributed by atoms with Crippen molar-refractivity contribution in [2.24, 2.45) is 0 Å². The number of hydrogen-bond acceptors (Lipinski definition) is 2. The van der Waals surface area contributed by atoms with Crippen LogP contribution in [0.15, 0.2) is 29.8 Å². The molecule has 2 nitrogen and oxygen atoms in total. The van der Waals surface area contributed by atoms with Crippen molar-refractivity contribution in [2.45, 2.75) is 13.0 Å². The van der Waals surface area contributed by atoms with E-state index in [2.05, 4.69) is 18.3 Å². The third-order valence-corrected chi connectivity index (χ3v) is 3.17. The standard InChI is InChI=1S/C12H13Cl2NO/c1-8-4-5-16-7-12(8)15-11-3-2-9(13)6-10(11)14/h2-4,6,12,15H,5,7H2,1H3/t12-/m0/s1. The van der Waals surface area contributed by atoms with Gasteiger partial charge in [0.25, 0.3) is 0 Å². The van der Waals surface area contributed by atoms with E-state index in [1.54, 1.807) is 6.07 Å². The molecule has 4 heteroatoms. The Labute approximate surface area is 105 Å². The van der Waals surface area contributed by atoms with Gasteiger partial charge >= 0.3 is 0 Å². The van der Waals surface area contributed by atoms with E-state index in [4.69, 9.17) is 27.9 Å². The molecule has 2 rings (SSSR count). The van der Waals surface area contributed by atoms with Gasteiger partial charge in [0.2, 0.25) is 0 Å². The fraction of sp³-hybridized carbons (Fsp3) is 0.333. The smallest absolute Gasteiger partial charge is 0.0710 e. The summed E-state index contributed by atoms with van der Waals surface area (Å²) in [5.41, 5.74) is 2.16. The van der Waals surface area contributed by atoms with Crippen LogP contribution in [0.3, 0.4) is 0 Å². The molecule has 0 unspecified atom stereocenters. The van der Waals surface area contributed by atoms with Crippen molar-refractivity contribution >= 4 is 28.9 Å². The van der Waals surface area contributed by atoms with E-state index in [1.807, 2.05) is 12.1 Å². The Bertz CT molecular complexity index is 417. The van der Waals surface area contributed by atoms with Gasteiger partial charge in [-0.25, -0.2) is 0 Å². The monoisotopic (exact) mass is 257 g/mol. The lowest BCUT2D eigenvalue weighted by atomic mass is 10.1. The van der Waals surface area contributed by atoms with Gasteiger partial charge in [0.05, 0.1) is 30.0 Å². The summed E-state index contributed by atoms with van der Waals surface area (Å²) in [6.45, 7) is 3.45. The molecule has 1 aliphatic heterocycles. The van der Waals surface area contributed by atoms with Crippen LogP contribution in [0.5, 0.6) is 0 Å². The number of ether oxygens (including phenoxy) is 1. The first-order valence-corrected chi connectivity index (χ1v) is 5.88. The molecule has 0 saturated carbocycles. The first kappa shape index (κ1) is 11.8. The Morgan fingerprint density at radius 2 is 2.19 bits per heavy atom. The second-order valence-electron chi connectivity index (χ2n) is 3.81. The van der Waals surface area contributed by atoms with E-state index < -0.39 is 0 Å². The van der Waals surface area contributed by atoms with Crippen LogP contribution in [0, 0.1) is 0 Å². The number of anilines is 1. The molecule has 0 aliphatic carbocycles. The molecule has 86 valence electrons. The summed E-state index contributed by atoms with van der Waals surface area (Å²) in [6.07, 6.45) is 2.07. The second kappa shape index (κ2) is 5.09. The van der Waals surface area contributed by atoms with Crippen molar-refractivity contribution in [3.05, 3.63) is 39.9 Å². The second-order valence-corrected chi connectivity index (χ2v) is 4.65. The Kier molecular flexibility index (Phi) is 3.74. The van der Waals surface area contributed by atoms with Crippen LogP contribution in [0.25, 0.3) is 0 Å². The minimum atomic E-state index is 0.187. The van der Waals surface area contributed by atoms with E-state index >= 15 is 0 Å². The summed E-state index contributed by atoms with van der Waals surface area (Å²) < 4.78 is 5.38. The molecule has 1 heterocycles. The minimum absolute atomic E-state index is 0.187. The fourth-order valence-corrected chi connectivity index (χ4v) is 2.06. The van der Waals surface area contributed by atoms with Crippen molar-refractivity contribution < 1.29 is 4.74 Å². The van der Waals surface area contributed by atoms with Crippen molar-refractivity contribution in [3.8, 4) is 0 Å². The van der Waals surface area contributed by atoms with Crippen molar-refractivity contribution in [3.63, 3.8) is 0 Å². The molecule has 0 fully saturated rings. The van der Waals surface area contributed by atoms with Gasteiger partial charge < -0.3 is 10.1 Å². The zero-order chi connectivity index (χ0) is 11.5. The SMILES string of the molecule is CC1=CCOC[C@@H]1Nc1ccc(Cl)cc1Cl. The molecule has 0 saturated heterocycles. The summed E-state index contributed by atoms with van der Waals surface area (Å²) in [4.78, 5) is 0. The lowest BCUT2D eigenvalue weighted by Crippen LogP contribution is -2.30. The van der Waals surface area contributed by atoms with E-state index in [9.17, 15) is 0 Å². The van der Waals surface area contributed by atoms with Crippen molar-refractivity contribution in [2.75, 3.05) is 18.5 Å². The predicted octanol–water partition coefficient (Wildman–Crippen LogP) is 3.75. The summed E-state index contributed by atoms with van der Waals surface area (Å²) in [7, 11) is 0. The first-order chi connectivity index (χ1) is 7.66. The van der Waals surface area contributed by atoms with E-state index in [1.165, 1.54) is 5.57 Å². The lowest BCUT2D eigenvalue weighted by molar-refractivity contribution is 0.147. The molecule has 1 aromatic carbocycles. The van der Waals surface area contributed by atoms with Gasteiger partial charge in [-0.05, 0) is 25.1 Å². The summed E-state index contributed by atoms with van der Waals surface area (Å²) in [5, 5.41) is 4.61. The maximum Gasteiger partial charge on any atom is 0.0710 e. The number of hydrogen-bond donors (Lipinski definition) is 1. The van der Waals surface area contributed by atoms with Crippen molar-refractivity contribution in [1.29, 1.82) is 0 Å². The highest BCUT2D eigenvalue weighted by atomic mass is 35.5. The maximum atomic E-state index is 6.09. The Morgan fingerprint density at radius 1 is 1.38 bits per heavy atom. The van der Waals surface area contributed by atoms with Crippen LogP contribution in [-0.2, 0) is 4.74 Å². The number of rotatable bonds is 2. The fourth-order valence-electron chi connectivity index (χ4n) is 1.60. The molecule has 0 aromatic heterocycles.